The SMILES string of the molecule is Cc1cc(C)[c]([Ge][Cl])c(C)c1. The van der Waals surface area contributed by atoms with Crippen LogP contribution in [0.2, 0.25) is 0 Å². The molecule has 0 atom stereocenters. The molecule has 58 valence electrons. The predicted octanol–water partition coefficient (Wildman–Crippen LogP) is 2.10. The van der Waals surface area contributed by atoms with E-state index in [1.807, 2.05) is 0 Å². The molecular formula is C9H11ClGe. The van der Waals surface area contributed by atoms with Gasteiger partial charge in [-0.1, -0.05) is 0 Å². The zero-order chi connectivity index (χ0) is 8.43. The summed E-state index contributed by atoms with van der Waals surface area (Å²) in [7, 11) is 5.91. The van der Waals surface area contributed by atoms with Crippen LogP contribution in [0.5, 0.6) is 0 Å². The first-order valence-electron chi connectivity index (χ1n) is 3.59. The van der Waals surface area contributed by atoms with Crippen molar-refractivity contribution in [1.82, 2.24) is 0 Å². The summed E-state index contributed by atoms with van der Waals surface area (Å²) in [6.45, 7) is 6.40. The first kappa shape index (κ1) is 9.14. The predicted molar refractivity (Wildman–Crippen MR) is 51.9 cm³/mol. The molecule has 0 saturated heterocycles. The molecule has 0 aliphatic heterocycles. The Hall–Kier alpha value is 0.0529. The van der Waals surface area contributed by atoms with Crippen LogP contribution in [0.25, 0.3) is 0 Å². The van der Waals surface area contributed by atoms with Crippen molar-refractivity contribution in [2.75, 3.05) is 0 Å². The van der Waals surface area contributed by atoms with Gasteiger partial charge in [0, 0.05) is 0 Å². The molecule has 11 heavy (non-hydrogen) atoms. The van der Waals surface area contributed by atoms with Crippen molar-refractivity contribution in [2.45, 2.75) is 20.8 Å². The fourth-order valence-electron chi connectivity index (χ4n) is 1.33. The summed E-state index contributed by atoms with van der Waals surface area (Å²) in [6, 6.07) is 4.41. The Morgan fingerprint density at radius 2 is 1.55 bits per heavy atom. The molecule has 0 amide bonds. The molecule has 0 aliphatic rings. The van der Waals surface area contributed by atoms with Gasteiger partial charge in [-0.25, -0.2) is 0 Å². The normalized spacial score (nSPS) is 10.2. The number of hydrogen-bond donors (Lipinski definition) is 0. The standard InChI is InChI=1S/C9H11ClGe/c1-6-4-7(2)9(11-10)8(3)5-6/h4-5H,1-3H3. The summed E-state index contributed by atoms with van der Waals surface area (Å²) >= 11 is -0.397. The minimum atomic E-state index is -0.397. The van der Waals surface area contributed by atoms with Crippen molar-refractivity contribution >= 4 is 28.9 Å². The van der Waals surface area contributed by atoms with Crippen molar-refractivity contribution in [1.29, 1.82) is 0 Å². The Bertz CT molecular complexity index is 245. The van der Waals surface area contributed by atoms with Gasteiger partial charge in [-0.05, 0) is 0 Å². The van der Waals surface area contributed by atoms with Crippen LogP contribution in [-0.4, -0.2) is 14.5 Å². The van der Waals surface area contributed by atoms with E-state index in [4.69, 9.17) is 10.0 Å². The average Bonchev–Trinajstić information content (AvgIpc) is 1.85. The second-order valence-electron chi connectivity index (χ2n) is 2.87. The molecule has 0 nitrogen and oxygen atoms in total. The van der Waals surface area contributed by atoms with Crippen molar-refractivity contribution in [3.05, 3.63) is 28.8 Å². The summed E-state index contributed by atoms with van der Waals surface area (Å²) < 4.78 is 1.40. The van der Waals surface area contributed by atoms with Crippen molar-refractivity contribution in [3.63, 3.8) is 0 Å². The fraction of sp³-hybridized carbons (Fsp3) is 0.333. The zero-order valence-electron chi connectivity index (χ0n) is 7.03. The summed E-state index contributed by atoms with van der Waals surface area (Å²) in [5, 5.41) is 0. The van der Waals surface area contributed by atoms with Crippen LogP contribution in [-0.2, 0) is 0 Å². The van der Waals surface area contributed by atoms with Crippen molar-refractivity contribution in [2.24, 2.45) is 0 Å². The van der Waals surface area contributed by atoms with Gasteiger partial charge in [0.25, 0.3) is 0 Å². The van der Waals surface area contributed by atoms with E-state index in [-0.39, 0.29) is 0 Å². The van der Waals surface area contributed by atoms with Crippen molar-refractivity contribution < 1.29 is 0 Å². The van der Waals surface area contributed by atoms with E-state index >= 15 is 0 Å². The van der Waals surface area contributed by atoms with Crippen LogP contribution in [0.1, 0.15) is 16.7 Å². The average molecular weight is 227 g/mol. The Kier molecular flexibility index (Phi) is 3.02. The number of aryl methyl sites for hydroxylation is 3. The first-order chi connectivity index (χ1) is 5.15. The molecule has 0 aliphatic carbocycles. The quantitative estimate of drug-likeness (QED) is 0.644. The molecular weight excluding hydrogens is 216 g/mol. The molecule has 0 N–H and O–H groups in total. The van der Waals surface area contributed by atoms with Gasteiger partial charge in [-0.2, -0.15) is 0 Å². The Labute approximate surface area is 78.6 Å². The Morgan fingerprint density at radius 3 is 1.91 bits per heavy atom. The number of rotatable bonds is 1. The van der Waals surface area contributed by atoms with E-state index in [9.17, 15) is 0 Å². The molecule has 0 bridgehead atoms. The van der Waals surface area contributed by atoms with Gasteiger partial charge in [0.15, 0.2) is 0 Å². The Morgan fingerprint density at radius 1 is 1.09 bits per heavy atom. The summed E-state index contributed by atoms with van der Waals surface area (Å²) in [5.41, 5.74) is 4.05. The van der Waals surface area contributed by atoms with Gasteiger partial charge >= 0.3 is 78.5 Å². The van der Waals surface area contributed by atoms with Gasteiger partial charge in [0.05, 0.1) is 0 Å². The van der Waals surface area contributed by atoms with Crippen LogP contribution in [0.15, 0.2) is 12.1 Å². The summed E-state index contributed by atoms with van der Waals surface area (Å²) in [5.74, 6) is 0. The van der Waals surface area contributed by atoms with Crippen LogP contribution < -0.4 is 4.40 Å². The van der Waals surface area contributed by atoms with E-state index in [1.54, 1.807) is 0 Å². The number of halogens is 1. The number of benzene rings is 1. The van der Waals surface area contributed by atoms with Crippen LogP contribution in [0.3, 0.4) is 0 Å². The second kappa shape index (κ2) is 3.64. The third-order valence-electron chi connectivity index (χ3n) is 1.77. The molecule has 1 aromatic carbocycles. The van der Waals surface area contributed by atoms with E-state index in [0.717, 1.165) is 0 Å². The molecule has 2 heteroatoms. The molecule has 0 aromatic heterocycles. The third-order valence-corrected chi connectivity index (χ3v) is 4.80. The van der Waals surface area contributed by atoms with Gasteiger partial charge in [-0.15, -0.1) is 0 Å². The monoisotopic (exact) mass is 228 g/mol. The van der Waals surface area contributed by atoms with Crippen LogP contribution >= 0.6 is 10.0 Å². The van der Waals surface area contributed by atoms with Gasteiger partial charge in [-0.3, -0.25) is 0 Å². The molecule has 0 spiro atoms. The van der Waals surface area contributed by atoms with Gasteiger partial charge in [0.1, 0.15) is 0 Å². The molecule has 2 radical (unpaired) electrons. The number of hydrogen-bond acceptors (Lipinski definition) is 0. The maximum absolute atomic E-state index is 5.91. The third kappa shape index (κ3) is 2.00. The molecule has 0 heterocycles. The topological polar surface area (TPSA) is 0 Å². The molecule has 1 rings (SSSR count). The zero-order valence-corrected chi connectivity index (χ0v) is 9.89. The molecule has 0 fully saturated rings. The van der Waals surface area contributed by atoms with Crippen molar-refractivity contribution in [3.8, 4) is 0 Å². The Balaban J connectivity index is 3.25. The summed E-state index contributed by atoms with van der Waals surface area (Å²) in [6.07, 6.45) is 0. The minimum absolute atomic E-state index is 0.397. The fourth-order valence-corrected chi connectivity index (χ4v) is 3.81. The first-order valence-corrected chi connectivity index (χ1v) is 7.40. The van der Waals surface area contributed by atoms with E-state index in [2.05, 4.69) is 32.9 Å². The van der Waals surface area contributed by atoms with Crippen LogP contribution in [0, 0.1) is 20.8 Å². The molecule has 0 unspecified atom stereocenters. The van der Waals surface area contributed by atoms with Gasteiger partial charge < -0.3 is 0 Å². The van der Waals surface area contributed by atoms with E-state index in [1.165, 1.54) is 21.1 Å². The van der Waals surface area contributed by atoms with Gasteiger partial charge in [0.2, 0.25) is 0 Å². The van der Waals surface area contributed by atoms with E-state index < -0.39 is 14.5 Å². The molecule has 0 saturated carbocycles. The van der Waals surface area contributed by atoms with E-state index in [0.29, 0.717) is 0 Å². The molecule has 1 aromatic rings. The summed E-state index contributed by atoms with van der Waals surface area (Å²) in [4.78, 5) is 0. The van der Waals surface area contributed by atoms with Crippen LogP contribution in [0.4, 0.5) is 0 Å². The second-order valence-corrected chi connectivity index (χ2v) is 5.30. The maximum atomic E-state index is 5.91.